The van der Waals surface area contributed by atoms with Gasteiger partial charge in [0.25, 0.3) is 0 Å². The minimum absolute atomic E-state index is 0.266. The Morgan fingerprint density at radius 3 is 2.59 bits per heavy atom. The second kappa shape index (κ2) is 6.08. The summed E-state index contributed by atoms with van der Waals surface area (Å²) < 4.78 is 5.37. The Labute approximate surface area is 108 Å². The summed E-state index contributed by atoms with van der Waals surface area (Å²) in [5.74, 6) is 1.52. The van der Waals surface area contributed by atoms with Gasteiger partial charge in [0.1, 0.15) is 5.54 Å². The number of hydrogen-bond acceptors (Lipinski definition) is 4. The van der Waals surface area contributed by atoms with Crippen LogP contribution in [0.4, 0.5) is 0 Å². The molecule has 0 spiro atoms. The zero-order chi connectivity index (χ0) is 12.1. The Bertz CT molecular complexity index is 282. The zero-order valence-corrected chi connectivity index (χ0v) is 11.4. The predicted octanol–water partition coefficient (Wildman–Crippen LogP) is 2.18. The molecular formula is C13H22N2OS. The van der Waals surface area contributed by atoms with Crippen LogP contribution in [0, 0.1) is 17.2 Å². The van der Waals surface area contributed by atoms with E-state index in [0.717, 1.165) is 38.4 Å². The van der Waals surface area contributed by atoms with E-state index >= 15 is 0 Å². The van der Waals surface area contributed by atoms with E-state index < -0.39 is 0 Å². The number of ether oxygens (including phenoxy) is 1. The van der Waals surface area contributed by atoms with Gasteiger partial charge in [-0.1, -0.05) is 6.92 Å². The lowest BCUT2D eigenvalue weighted by atomic mass is 9.98. The molecule has 1 heterocycles. The fraction of sp³-hybridized carbons (Fsp3) is 0.923. The van der Waals surface area contributed by atoms with Crippen molar-refractivity contribution in [3.05, 3.63) is 0 Å². The minimum atomic E-state index is -0.266. The van der Waals surface area contributed by atoms with Crippen LogP contribution in [-0.4, -0.2) is 36.3 Å². The van der Waals surface area contributed by atoms with Gasteiger partial charge in [-0.05, 0) is 38.1 Å². The summed E-state index contributed by atoms with van der Waals surface area (Å²) in [6.45, 7) is 4.76. The van der Waals surface area contributed by atoms with Gasteiger partial charge >= 0.3 is 0 Å². The van der Waals surface area contributed by atoms with E-state index in [1.54, 1.807) is 0 Å². The van der Waals surface area contributed by atoms with E-state index in [-0.39, 0.29) is 5.54 Å². The van der Waals surface area contributed by atoms with Gasteiger partial charge in [0, 0.05) is 24.2 Å². The molecule has 2 fully saturated rings. The summed E-state index contributed by atoms with van der Waals surface area (Å²) in [6, 6.07) is 2.55. The molecule has 1 saturated heterocycles. The summed E-state index contributed by atoms with van der Waals surface area (Å²) >= 11 is 1.97. The Hall–Kier alpha value is -0.240. The van der Waals surface area contributed by atoms with Crippen molar-refractivity contribution in [3.8, 4) is 6.07 Å². The lowest BCUT2D eigenvalue weighted by Crippen LogP contribution is -2.48. The molecule has 1 aliphatic heterocycles. The third-order valence-electron chi connectivity index (χ3n) is 3.68. The normalized spacial score (nSPS) is 25.2. The van der Waals surface area contributed by atoms with Crippen LogP contribution in [0.1, 0.15) is 32.6 Å². The average Bonchev–Trinajstić information content (AvgIpc) is 3.20. The Morgan fingerprint density at radius 1 is 1.35 bits per heavy atom. The Morgan fingerprint density at radius 2 is 2.06 bits per heavy atom. The van der Waals surface area contributed by atoms with E-state index in [0.29, 0.717) is 11.2 Å². The van der Waals surface area contributed by atoms with Crippen LogP contribution in [0.5, 0.6) is 0 Å². The summed E-state index contributed by atoms with van der Waals surface area (Å²) in [5.41, 5.74) is -0.266. The first-order chi connectivity index (χ1) is 8.30. The SMILES string of the molecule is CCNC(C#N)(CSC1CCOCC1)C1CC1. The molecular weight excluding hydrogens is 232 g/mol. The van der Waals surface area contributed by atoms with Crippen LogP contribution in [0.3, 0.4) is 0 Å². The van der Waals surface area contributed by atoms with Crippen LogP contribution in [0.15, 0.2) is 0 Å². The number of nitrogens with zero attached hydrogens (tertiary/aromatic N) is 1. The lowest BCUT2D eigenvalue weighted by Gasteiger charge is -2.30. The standard InChI is InChI=1S/C13H22N2OS/c1-2-15-13(9-14,11-3-4-11)10-17-12-5-7-16-8-6-12/h11-12,15H,2-8,10H2,1H3. The van der Waals surface area contributed by atoms with E-state index in [9.17, 15) is 5.26 Å². The van der Waals surface area contributed by atoms with Crippen LogP contribution >= 0.6 is 11.8 Å². The molecule has 1 aliphatic carbocycles. The van der Waals surface area contributed by atoms with Gasteiger partial charge in [0.05, 0.1) is 6.07 Å². The number of nitrogens with one attached hydrogen (secondary N) is 1. The molecule has 0 aromatic rings. The van der Waals surface area contributed by atoms with E-state index in [2.05, 4.69) is 18.3 Å². The van der Waals surface area contributed by atoms with E-state index in [1.165, 1.54) is 12.8 Å². The molecule has 0 aromatic carbocycles. The molecule has 4 heteroatoms. The molecule has 1 saturated carbocycles. The van der Waals surface area contributed by atoms with Crippen LogP contribution in [0.25, 0.3) is 0 Å². The van der Waals surface area contributed by atoms with Crippen LogP contribution in [-0.2, 0) is 4.74 Å². The number of rotatable bonds is 6. The largest absolute Gasteiger partial charge is 0.381 e. The highest BCUT2D eigenvalue weighted by molar-refractivity contribution is 8.00. The second-order valence-corrected chi connectivity index (χ2v) is 6.30. The first-order valence-corrected chi connectivity index (χ1v) is 7.71. The monoisotopic (exact) mass is 254 g/mol. The van der Waals surface area contributed by atoms with E-state index in [1.807, 2.05) is 11.8 Å². The maximum absolute atomic E-state index is 9.50. The van der Waals surface area contributed by atoms with Gasteiger partial charge in [-0.2, -0.15) is 17.0 Å². The summed E-state index contributed by atoms with van der Waals surface area (Å²) in [7, 11) is 0. The molecule has 17 heavy (non-hydrogen) atoms. The molecule has 2 aliphatic rings. The molecule has 1 N–H and O–H groups in total. The Kier molecular flexibility index (Phi) is 4.72. The third kappa shape index (κ3) is 3.37. The lowest BCUT2D eigenvalue weighted by molar-refractivity contribution is 0.0999. The fourth-order valence-electron chi connectivity index (χ4n) is 2.46. The first-order valence-electron chi connectivity index (χ1n) is 6.66. The maximum Gasteiger partial charge on any atom is 0.118 e. The zero-order valence-electron chi connectivity index (χ0n) is 10.6. The third-order valence-corrected chi connectivity index (χ3v) is 5.25. The first kappa shape index (κ1) is 13.2. The number of nitriles is 1. The van der Waals surface area contributed by atoms with Crippen molar-refractivity contribution < 1.29 is 4.74 Å². The molecule has 1 unspecified atom stereocenters. The van der Waals surface area contributed by atoms with Gasteiger partial charge in [-0.3, -0.25) is 5.32 Å². The molecule has 0 amide bonds. The molecule has 1 atom stereocenters. The highest BCUT2D eigenvalue weighted by Crippen LogP contribution is 2.42. The van der Waals surface area contributed by atoms with Crippen molar-refractivity contribution in [1.82, 2.24) is 5.32 Å². The van der Waals surface area contributed by atoms with Crippen molar-refractivity contribution in [2.24, 2.45) is 5.92 Å². The molecule has 0 radical (unpaired) electrons. The summed E-state index contributed by atoms with van der Waals surface area (Å²) in [6.07, 6.45) is 4.72. The van der Waals surface area contributed by atoms with Crippen molar-refractivity contribution in [3.63, 3.8) is 0 Å². The van der Waals surface area contributed by atoms with Gasteiger partial charge in [-0.25, -0.2) is 0 Å². The number of thioether (sulfide) groups is 1. The number of hydrogen-bond donors (Lipinski definition) is 1. The molecule has 2 rings (SSSR count). The minimum Gasteiger partial charge on any atom is -0.381 e. The van der Waals surface area contributed by atoms with Gasteiger partial charge in [0.15, 0.2) is 0 Å². The quantitative estimate of drug-likeness (QED) is 0.789. The Balaban J connectivity index is 1.86. The molecule has 0 bridgehead atoms. The highest BCUT2D eigenvalue weighted by atomic mass is 32.2. The van der Waals surface area contributed by atoms with E-state index in [4.69, 9.17) is 4.74 Å². The smallest absolute Gasteiger partial charge is 0.118 e. The topological polar surface area (TPSA) is 45.0 Å². The van der Waals surface area contributed by atoms with Crippen LogP contribution < -0.4 is 5.32 Å². The van der Waals surface area contributed by atoms with Crippen molar-refractivity contribution >= 4 is 11.8 Å². The van der Waals surface area contributed by atoms with Gasteiger partial charge in [0.2, 0.25) is 0 Å². The fourth-order valence-corrected chi connectivity index (χ4v) is 3.89. The van der Waals surface area contributed by atoms with Gasteiger partial charge in [-0.15, -0.1) is 0 Å². The van der Waals surface area contributed by atoms with Crippen molar-refractivity contribution in [1.29, 1.82) is 5.26 Å². The predicted molar refractivity (Wildman–Crippen MR) is 71.0 cm³/mol. The van der Waals surface area contributed by atoms with Crippen molar-refractivity contribution in [2.45, 2.75) is 43.4 Å². The molecule has 96 valence electrons. The van der Waals surface area contributed by atoms with Crippen molar-refractivity contribution in [2.75, 3.05) is 25.5 Å². The van der Waals surface area contributed by atoms with Crippen LogP contribution in [0.2, 0.25) is 0 Å². The maximum atomic E-state index is 9.50. The second-order valence-electron chi connectivity index (χ2n) is 5.01. The average molecular weight is 254 g/mol. The van der Waals surface area contributed by atoms with Gasteiger partial charge < -0.3 is 4.74 Å². The summed E-state index contributed by atoms with van der Waals surface area (Å²) in [4.78, 5) is 0. The molecule has 0 aromatic heterocycles. The summed E-state index contributed by atoms with van der Waals surface area (Å²) in [5, 5.41) is 13.6. The highest BCUT2D eigenvalue weighted by Gasteiger charge is 2.45. The molecule has 3 nitrogen and oxygen atoms in total.